The van der Waals surface area contributed by atoms with E-state index in [2.05, 4.69) is 4.74 Å². The number of hydrogen-bond donors (Lipinski definition) is 1. The van der Waals surface area contributed by atoms with E-state index in [4.69, 9.17) is 5.73 Å². The molecule has 0 saturated carbocycles. The molecule has 0 unspecified atom stereocenters. The smallest absolute Gasteiger partial charge is 0.387 e. The molecule has 2 nitrogen and oxygen atoms in total. The number of hydrogen-bond acceptors (Lipinski definition) is 2. The standard InChI is InChI=1S/C9H10F3NO.ClH/c1-5(13)7-3-2-6(10)4-8(7)14-9(11)12;/h2-5,9H,13H2,1H3;1H/t5-;/m1./s1. The molecule has 0 saturated heterocycles. The molecule has 0 aliphatic rings. The Hall–Kier alpha value is -0.940. The van der Waals surface area contributed by atoms with Crippen LogP contribution in [0.15, 0.2) is 18.2 Å². The molecule has 0 aliphatic carbocycles. The van der Waals surface area contributed by atoms with Gasteiger partial charge in [0.2, 0.25) is 0 Å². The number of benzene rings is 1. The molecule has 0 aromatic heterocycles. The fourth-order valence-corrected chi connectivity index (χ4v) is 1.08. The molecule has 1 rings (SSSR count). The second-order valence-corrected chi connectivity index (χ2v) is 2.85. The number of alkyl halides is 2. The van der Waals surface area contributed by atoms with Crippen LogP contribution in [0.5, 0.6) is 5.75 Å². The Labute approximate surface area is 91.6 Å². The molecule has 0 radical (unpaired) electrons. The zero-order valence-corrected chi connectivity index (χ0v) is 8.73. The van der Waals surface area contributed by atoms with Gasteiger partial charge in [0.15, 0.2) is 0 Å². The van der Waals surface area contributed by atoms with Gasteiger partial charge in [-0.25, -0.2) is 4.39 Å². The van der Waals surface area contributed by atoms with E-state index in [0.29, 0.717) is 5.56 Å². The highest BCUT2D eigenvalue weighted by Gasteiger charge is 2.13. The molecule has 0 spiro atoms. The lowest BCUT2D eigenvalue weighted by molar-refractivity contribution is -0.0507. The average Bonchev–Trinajstić information content (AvgIpc) is 2.01. The van der Waals surface area contributed by atoms with Gasteiger partial charge < -0.3 is 10.5 Å². The van der Waals surface area contributed by atoms with Gasteiger partial charge in [-0.15, -0.1) is 12.4 Å². The maximum atomic E-state index is 12.7. The van der Waals surface area contributed by atoms with Gasteiger partial charge in [-0.05, 0) is 13.0 Å². The normalized spacial score (nSPS) is 12.1. The predicted molar refractivity (Wildman–Crippen MR) is 52.9 cm³/mol. The Bertz CT molecular complexity index is 320. The van der Waals surface area contributed by atoms with Crippen LogP contribution in [0.3, 0.4) is 0 Å². The van der Waals surface area contributed by atoms with Crippen molar-refractivity contribution in [1.82, 2.24) is 0 Å². The zero-order chi connectivity index (χ0) is 10.7. The van der Waals surface area contributed by atoms with E-state index in [9.17, 15) is 13.2 Å². The average molecular weight is 242 g/mol. The third-order valence-corrected chi connectivity index (χ3v) is 1.68. The first-order chi connectivity index (χ1) is 6.50. The van der Waals surface area contributed by atoms with Crippen LogP contribution in [-0.2, 0) is 0 Å². The molecule has 1 atom stereocenters. The first-order valence-electron chi connectivity index (χ1n) is 4.00. The summed E-state index contributed by atoms with van der Waals surface area (Å²) < 4.78 is 40.6. The largest absolute Gasteiger partial charge is 0.434 e. The fourth-order valence-electron chi connectivity index (χ4n) is 1.08. The molecule has 0 bridgehead atoms. The van der Waals surface area contributed by atoms with E-state index in [-0.39, 0.29) is 18.2 Å². The van der Waals surface area contributed by atoms with Crippen LogP contribution in [0.2, 0.25) is 0 Å². The molecule has 0 amide bonds. The predicted octanol–water partition coefficient (Wildman–Crippen LogP) is 2.87. The number of halogens is 4. The van der Waals surface area contributed by atoms with Crippen molar-refractivity contribution in [3.05, 3.63) is 29.6 Å². The van der Waals surface area contributed by atoms with Gasteiger partial charge >= 0.3 is 6.61 Å². The highest BCUT2D eigenvalue weighted by atomic mass is 35.5. The van der Waals surface area contributed by atoms with Crippen molar-refractivity contribution in [1.29, 1.82) is 0 Å². The van der Waals surface area contributed by atoms with E-state index in [1.165, 1.54) is 6.07 Å². The Morgan fingerprint density at radius 1 is 1.33 bits per heavy atom. The quantitative estimate of drug-likeness (QED) is 0.883. The fraction of sp³-hybridized carbons (Fsp3) is 0.333. The third-order valence-electron chi connectivity index (χ3n) is 1.68. The summed E-state index contributed by atoms with van der Waals surface area (Å²) in [7, 11) is 0. The van der Waals surface area contributed by atoms with Crippen LogP contribution in [0.25, 0.3) is 0 Å². The van der Waals surface area contributed by atoms with Gasteiger partial charge in [0.05, 0.1) is 0 Å². The Morgan fingerprint density at radius 3 is 2.40 bits per heavy atom. The van der Waals surface area contributed by atoms with Crippen LogP contribution in [0.4, 0.5) is 13.2 Å². The van der Waals surface area contributed by atoms with Gasteiger partial charge in [0.1, 0.15) is 11.6 Å². The second-order valence-electron chi connectivity index (χ2n) is 2.85. The summed E-state index contributed by atoms with van der Waals surface area (Å²) in [5, 5.41) is 0. The summed E-state index contributed by atoms with van der Waals surface area (Å²) in [6, 6.07) is 2.89. The lowest BCUT2D eigenvalue weighted by atomic mass is 10.1. The molecule has 1 aromatic rings. The summed E-state index contributed by atoms with van der Waals surface area (Å²) in [6.07, 6.45) is 0. The minimum absolute atomic E-state index is 0. The van der Waals surface area contributed by atoms with Crippen LogP contribution in [0, 0.1) is 5.82 Å². The number of nitrogens with two attached hydrogens (primary N) is 1. The van der Waals surface area contributed by atoms with E-state index in [1.54, 1.807) is 6.92 Å². The Balaban J connectivity index is 0.00000196. The molecule has 0 fully saturated rings. The third kappa shape index (κ3) is 3.97. The van der Waals surface area contributed by atoms with Crippen molar-refractivity contribution in [3.63, 3.8) is 0 Å². The number of ether oxygens (including phenoxy) is 1. The van der Waals surface area contributed by atoms with Crippen molar-refractivity contribution < 1.29 is 17.9 Å². The molecule has 15 heavy (non-hydrogen) atoms. The molecular formula is C9H11ClF3NO. The number of rotatable bonds is 3. The van der Waals surface area contributed by atoms with Crippen molar-refractivity contribution >= 4 is 12.4 Å². The maximum Gasteiger partial charge on any atom is 0.387 e. The second kappa shape index (κ2) is 5.82. The highest BCUT2D eigenvalue weighted by Crippen LogP contribution is 2.26. The van der Waals surface area contributed by atoms with E-state index < -0.39 is 18.5 Å². The van der Waals surface area contributed by atoms with Crippen molar-refractivity contribution in [2.75, 3.05) is 0 Å². The lowest BCUT2D eigenvalue weighted by Gasteiger charge is -2.12. The van der Waals surface area contributed by atoms with Crippen LogP contribution < -0.4 is 10.5 Å². The Morgan fingerprint density at radius 2 is 1.93 bits per heavy atom. The maximum absolute atomic E-state index is 12.7. The van der Waals surface area contributed by atoms with Crippen molar-refractivity contribution in [2.45, 2.75) is 19.6 Å². The molecule has 0 heterocycles. The summed E-state index contributed by atoms with van der Waals surface area (Å²) in [5.41, 5.74) is 5.85. The summed E-state index contributed by atoms with van der Waals surface area (Å²) >= 11 is 0. The topological polar surface area (TPSA) is 35.2 Å². The van der Waals surface area contributed by atoms with Crippen LogP contribution >= 0.6 is 12.4 Å². The molecular weight excluding hydrogens is 231 g/mol. The van der Waals surface area contributed by atoms with E-state index in [0.717, 1.165) is 12.1 Å². The SMILES string of the molecule is C[C@@H](N)c1ccc(F)cc1OC(F)F.Cl. The summed E-state index contributed by atoms with van der Waals surface area (Å²) in [6.45, 7) is -1.37. The van der Waals surface area contributed by atoms with Crippen LogP contribution in [0.1, 0.15) is 18.5 Å². The van der Waals surface area contributed by atoms with Crippen LogP contribution in [-0.4, -0.2) is 6.61 Å². The van der Waals surface area contributed by atoms with Gasteiger partial charge in [-0.1, -0.05) is 6.07 Å². The molecule has 2 N–H and O–H groups in total. The monoisotopic (exact) mass is 241 g/mol. The minimum atomic E-state index is -2.98. The molecule has 86 valence electrons. The molecule has 6 heteroatoms. The van der Waals surface area contributed by atoms with Crippen molar-refractivity contribution in [2.24, 2.45) is 5.73 Å². The van der Waals surface area contributed by atoms with Gasteiger partial charge in [-0.2, -0.15) is 8.78 Å². The van der Waals surface area contributed by atoms with Gasteiger partial charge in [0.25, 0.3) is 0 Å². The van der Waals surface area contributed by atoms with E-state index >= 15 is 0 Å². The summed E-state index contributed by atoms with van der Waals surface area (Å²) in [5.74, 6) is -0.847. The molecule has 0 aliphatic heterocycles. The summed E-state index contributed by atoms with van der Waals surface area (Å²) in [4.78, 5) is 0. The Kier molecular flexibility index (Phi) is 5.46. The van der Waals surface area contributed by atoms with Gasteiger partial charge in [-0.3, -0.25) is 0 Å². The van der Waals surface area contributed by atoms with Crippen molar-refractivity contribution in [3.8, 4) is 5.75 Å². The highest BCUT2D eigenvalue weighted by molar-refractivity contribution is 5.85. The first kappa shape index (κ1) is 14.1. The van der Waals surface area contributed by atoms with Gasteiger partial charge in [0, 0.05) is 17.7 Å². The molecule has 1 aromatic carbocycles. The minimum Gasteiger partial charge on any atom is -0.434 e. The first-order valence-corrected chi connectivity index (χ1v) is 4.00. The zero-order valence-electron chi connectivity index (χ0n) is 7.91. The van der Waals surface area contributed by atoms with E-state index in [1.807, 2.05) is 0 Å². The lowest BCUT2D eigenvalue weighted by Crippen LogP contribution is -2.10.